The first-order valence-corrected chi connectivity index (χ1v) is 8.55. The summed E-state index contributed by atoms with van der Waals surface area (Å²) in [6, 6.07) is 10.2. The summed E-state index contributed by atoms with van der Waals surface area (Å²) in [5, 5.41) is 13.5. The quantitative estimate of drug-likeness (QED) is 0.894. The van der Waals surface area contributed by atoms with Gasteiger partial charge in [-0.1, -0.05) is 23.7 Å². The Hall–Kier alpha value is -1.97. The molecule has 2 heterocycles. The van der Waals surface area contributed by atoms with Crippen LogP contribution in [-0.2, 0) is 0 Å². The van der Waals surface area contributed by atoms with Crippen LogP contribution in [0.4, 0.5) is 10.7 Å². The van der Waals surface area contributed by atoms with E-state index in [1.165, 1.54) is 11.5 Å². The summed E-state index contributed by atoms with van der Waals surface area (Å²) in [5.74, 6) is 1.41. The lowest BCUT2D eigenvalue weighted by molar-refractivity contribution is 0.414. The molecule has 0 radical (unpaired) electrons. The van der Waals surface area contributed by atoms with Crippen molar-refractivity contribution in [3.63, 3.8) is 0 Å². The molecule has 5 nitrogen and oxygen atoms in total. The maximum absolute atomic E-state index is 9.10. The number of methoxy groups -OCH3 is 1. The Morgan fingerprint density at radius 2 is 2.35 bits per heavy atom. The maximum Gasteiger partial charge on any atom is 0.162 e. The molecule has 7 heteroatoms. The molecule has 23 heavy (non-hydrogen) atoms. The Kier molecular flexibility index (Phi) is 4.89. The highest BCUT2D eigenvalue weighted by Crippen LogP contribution is 2.33. The molecule has 1 aromatic heterocycles. The largest absolute Gasteiger partial charge is 0.495 e. The van der Waals surface area contributed by atoms with E-state index >= 15 is 0 Å². The van der Waals surface area contributed by atoms with Gasteiger partial charge < -0.3 is 15.0 Å². The first-order chi connectivity index (χ1) is 11.2. The summed E-state index contributed by atoms with van der Waals surface area (Å²) in [6.45, 7) is 2.77. The van der Waals surface area contributed by atoms with Gasteiger partial charge in [0.25, 0.3) is 0 Å². The average Bonchev–Trinajstić information content (AvgIpc) is 3.19. The molecule has 0 aliphatic carbocycles. The first kappa shape index (κ1) is 15.9. The van der Waals surface area contributed by atoms with Crippen LogP contribution in [0.15, 0.2) is 24.3 Å². The van der Waals surface area contributed by atoms with E-state index in [-0.39, 0.29) is 5.15 Å². The Bertz CT molecular complexity index is 727. The molecule has 0 bridgehead atoms. The van der Waals surface area contributed by atoms with Crippen LogP contribution in [0.2, 0.25) is 5.15 Å². The van der Waals surface area contributed by atoms with Crippen LogP contribution in [0, 0.1) is 17.2 Å². The number of rotatable bonds is 5. The number of para-hydroxylation sites is 2. The van der Waals surface area contributed by atoms with Crippen molar-refractivity contribution in [1.29, 1.82) is 5.26 Å². The summed E-state index contributed by atoms with van der Waals surface area (Å²) >= 11 is 7.13. The zero-order valence-corrected chi connectivity index (χ0v) is 14.3. The van der Waals surface area contributed by atoms with Gasteiger partial charge in [0.1, 0.15) is 22.4 Å². The van der Waals surface area contributed by atoms with Crippen molar-refractivity contribution in [2.45, 2.75) is 6.42 Å². The van der Waals surface area contributed by atoms with E-state index in [1.54, 1.807) is 7.11 Å². The highest BCUT2D eigenvalue weighted by Gasteiger charge is 2.25. The van der Waals surface area contributed by atoms with E-state index in [0.717, 1.165) is 42.5 Å². The number of hydrogen-bond acceptors (Lipinski definition) is 6. The van der Waals surface area contributed by atoms with Gasteiger partial charge >= 0.3 is 0 Å². The maximum atomic E-state index is 9.10. The van der Waals surface area contributed by atoms with Crippen molar-refractivity contribution < 1.29 is 4.74 Å². The topological polar surface area (TPSA) is 61.2 Å². The lowest BCUT2D eigenvalue weighted by atomic mass is 10.1. The number of nitrogens with zero attached hydrogens (tertiary/aromatic N) is 3. The summed E-state index contributed by atoms with van der Waals surface area (Å²) in [7, 11) is 1.70. The molecule has 1 aliphatic rings. The number of anilines is 2. The molecular weight excluding hydrogens is 332 g/mol. The Labute approximate surface area is 144 Å². The SMILES string of the molecule is COc1ccccc1N1CCC(CNc2snc(Cl)c2C#N)C1. The Morgan fingerprint density at radius 3 is 3.13 bits per heavy atom. The zero-order valence-electron chi connectivity index (χ0n) is 12.8. The molecule has 1 aliphatic heterocycles. The second-order valence-corrected chi connectivity index (χ2v) is 6.57. The number of hydrogen-bond donors (Lipinski definition) is 1. The van der Waals surface area contributed by atoms with Crippen molar-refractivity contribution in [2.75, 3.05) is 37.0 Å². The number of halogens is 1. The van der Waals surface area contributed by atoms with Crippen molar-refractivity contribution >= 4 is 33.8 Å². The summed E-state index contributed by atoms with van der Waals surface area (Å²) in [6.07, 6.45) is 1.10. The van der Waals surface area contributed by atoms with Gasteiger partial charge in [0, 0.05) is 19.6 Å². The van der Waals surface area contributed by atoms with Gasteiger partial charge in [0.15, 0.2) is 5.15 Å². The smallest absolute Gasteiger partial charge is 0.162 e. The second kappa shape index (κ2) is 7.07. The van der Waals surface area contributed by atoms with Crippen LogP contribution < -0.4 is 15.0 Å². The van der Waals surface area contributed by atoms with Gasteiger partial charge in [-0.3, -0.25) is 0 Å². The highest BCUT2D eigenvalue weighted by molar-refractivity contribution is 7.10. The third-order valence-corrected chi connectivity index (χ3v) is 5.20. The summed E-state index contributed by atoms with van der Waals surface area (Å²) in [4.78, 5) is 2.34. The molecule has 1 unspecified atom stereocenters. The number of ether oxygens (including phenoxy) is 1. The molecule has 3 rings (SSSR count). The van der Waals surface area contributed by atoms with E-state index in [9.17, 15) is 0 Å². The molecule has 1 N–H and O–H groups in total. The third-order valence-electron chi connectivity index (χ3n) is 4.03. The number of aromatic nitrogens is 1. The molecule has 120 valence electrons. The first-order valence-electron chi connectivity index (χ1n) is 7.40. The van der Waals surface area contributed by atoms with Crippen molar-refractivity contribution in [3.05, 3.63) is 35.0 Å². The van der Waals surface area contributed by atoms with Crippen LogP contribution in [0.3, 0.4) is 0 Å². The molecule has 1 saturated heterocycles. The minimum atomic E-state index is 0.280. The van der Waals surface area contributed by atoms with Gasteiger partial charge in [-0.2, -0.15) is 9.64 Å². The fourth-order valence-corrected chi connectivity index (χ4v) is 3.77. The van der Waals surface area contributed by atoms with Crippen molar-refractivity contribution in [1.82, 2.24) is 4.37 Å². The minimum Gasteiger partial charge on any atom is -0.495 e. The lowest BCUT2D eigenvalue weighted by Gasteiger charge is -2.21. The van der Waals surface area contributed by atoms with E-state index in [1.807, 2.05) is 18.2 Å². The third kappa shape index (κ3) is 3.36. The molecule has 0 spiro atoms. The molecular formula is C16H17ClN4OS. The van der Waals surface area contributed by atoms with Crippen LogP contribution in [-0.4, -0.2) is 31.1 Å². The Balaban J connectivity index is 1.61. The predicted octanol–water partition coefficient (Wildman–Crippen LogP) is 3.62. The predicted molar refractivity (Wildman–Crippen MR) is 93.6 cm³/mol. The van der Waals surface area contributed by atoms with E-state index in [4.69, 9.17) is 21.6 Å². The van der Waals surface area contributed by atoms with E-state index in [2.05, 4.69) is 26.7 Å². The molecule has 1 atom stereocenters. The van der Waals surface area contributed by atoms with Crippen LogP contribution in [0.5, 0.6) is 5.75 Å². The molecule has 2 aromatic rings. The fourth-order valence-electron chi connectivity index (χ4n) is 2.83. The molecule has 0 saturated carbocycles. The van der Waals surface area contributed by atoms with Crippen molar-refractivity contribution in [3.8, 4) is 11.8 Å². The van der Waals surface area contributed by atoms with Gasteiger partial charge in [-0.05, 0) is 36.0 Å². The van der Waals surface area contributed by atoms with E-state index < -0.39 is 0 Å². The lowest BCUT2D eigenvalue weighted by Crippen LogP contribution is -2.22. The molecule has 0 amide bonds. The minimum absolute atomic E-state index is 0.280. The molecule has 1 aromatic carbocycles. The van der Waals surface area contributed by atoms with Gasteiger partial charge in [0.05, 0.1) is 12.8 Å². The fraction of sp³-hybridized carbons (Fsp3) is 0.375. The van der Waals surface area contributed by atoms with Crippen molar-refractivity contribution in [2.24, 2.45) is 5.92 Å². The number of nitrogens with one attached hydrogen (secondary N) is 1. The monoisotopic (exact) mass is 348 g/mol. The van der Waals surface area contributed by atoms with Gasteiger partial charge in [-0.15, -0.1) is 0 Å². The van der Waals surface area contributed by atoms with Crippen LogP contribution in [0.25, 0.3) is 0 Å². The van der Waals surface area contributed by atoms with Crippen LogP contribution >= 0.6 is 23.1 Å². The average molecular weight is 349 g/mol. The number of benzene rings is 1. The summed E-state index contributed by atoms with van der Waals surface area (Å²) < 4.78 is 9.45. The Morgan fingerprint density at radius 1 is 1.52 bits per heavy atom. The second-order valence-electron chi connectivity index (χ2n) is 5.44. The normalized spacial score (nSPS) is 17.1. The highest BCUT2D eigenvalue weighted by atomic mass is 35.5. The van der Waals surface area contributed by atoms with Gasteiger partial charge in [-0.25, -0.2) is 0 Å². The summed E-state index contributed by atoms with van der Waals surface area (Å²) in [5.41, 5.74) is 1.58. The molecule has 1 fully saturated rings. The number of nitriles is 1. The zero-order chi connectivity index (χ0) is 16.2. The standard InChI is InChI=1S/C16H17ClN4OS/c1-22-14-5-3-2-4-13(14)21-7-6-11(10-21)9-19-16-12(8-18)15(17)20-23-16/h2-5,11,19H,6-7,9-10H2,1H3. The van der Waals surface area contributed by atoms with Gasteiger partial charge in [0.2, 0.25) is 0 Å². The van der Waals surface area contributed by atoms with Crippen LogP contribution in [0.1, 0.15) is 12.0 Å². The van der Waals surface area contributed by atoms with E-state index in [0.29, 0.717) is 11.5 Å².